The molecule has 0 aromatic carbocycles. The van der Waals surface area contributed by atoms with E-state index in [0.29, 0.717) is 5.41 Å². The number of allylic oxidation sites excluding steroid dienone is 2. The Labute approximate surface area is 117 Å². The SMILES string of the molecule is C=C(CCC1=C(C)CCCC1(C)C)C(C)OC(C)=O. The molecule has 0 fully saturated rings. The molecule has 2 nitrogen and oxygen atoms in total. The third kappa shape index (κ3) is 4.52. The zero-order valence-corrected chi connectivity index (χ0v) is 13.1. The summed E-state index contributed by atoms with van der Waals surface area (Å²) in [6.45, 7) is 14.3. The highest BCUT2D eigenvalue weighted by molar-refractivity contribution is 5.66. The van der Waals surface area contributed by atoms with Crippen LogP contribution >= 0.6 is 0 Å². The van der Waals surface area contributed by atoms with Crippen LogP contribution in [-0.2, 0) is 9.53 Å². The third-order valence-electron chi connectivity index (χ3n) is 4.30. The van der Waals surface area contributed by atoms with Crippen LogP contribution in [0.5, 0.6) is 0 Å². The van der Waals surface area contributed by atoms with Crippen LogP contribution in [0.1, 0.15) is 66.7 Å². The van der Waals surface area contributed by atoms with Gasteiger partial charge in [0.15, 0.2) is 0 Å². The van der Waals surface area contributed by atoms with E-state index in [-0.39, 0.29) is 12.1 Å². The van der Waals surface area contributed by atoms with Crippen LogP contribution in [0.15, 0.2) is 23.3 Å². The molecular weight excluding hydrogens is 236 g/mol. The molecule has 0 radical (unpaired) electrons. The van der Waals surface area contributed by atoms with Crippen LogP contribution in [0.2, 0.25) is 0 Å². The summed E-state index contributed by atoms with van der Waals surface area (Å²) in [5, 5.41) is 0. The van der Waals surface area contributed by atoms with Crippen molar-refractivity contribution in [1.29, 1.82) is 0 Å². The Balaban J connectivity index is 2.60. The van der Waals surface area contributed by atoms with Gasteiger partial charge in [-0.3, -0.25) is 4.79 Å². The molecule has 1 rings (SSSR count). The monoisotopic (exact) mass is 264 g/mol. The highest BCUT2D eigenvalue weighted by atomic mass is 16.5. The van der Waals surface area contributed by atoms with Gasteiger partial charge in [0.2, 0.25) is 0 Å². The van der Waals surface area contributed by atoms with Crippen molar-refractivity contribution in [3.05, 3.63) is 23.3 Å². The second kappa shape index (κ2) is 6.40. The first-order valence-electron chi connectivity index (χ1n) is 7.28. The Morgan fingerprint density at radius 3 is 2.63 bits per heavy atom. The van der Waals surface area contributed by atoms with Crippen molar-refractivity contribution < 1.29 is 9.53 Å². The molecule has 108 valence electrons. The van der Waals surface area contributed by atoms with Crippen molar-refractivity contribution in [2.75, 3.05) is 0 Å². The van der Waals surface area contributed by atoms with E-state index < -0.39 is 0 Å². The zero-order valence-electron chi connectivity index (χ0n) is 13.1. The first kappa shape index (κ1) is 16.0. The lowest BCUT2D eigenvalue weighted by Crippen LogP contribution is -2.21. The number of carbonyl (C=O) groups excluding carboxylic acids is 1. The first-order chi connectivity index (χ1) is 8.74. The number of carbonyl (C=O) groups is 1. The molecule has 0 amide bonds. The lowest BCUT2D eigenvalue weighted by atomic mass is 9.71. The van der Waals surface area contributed by atoms with Gasteiger partial charge in [-0.15, -0.1) is 0 Å². The topological polar surface area (TPSA) is 26.3 Å². The van der Waals surface area contributed by atoms with Gasteiger partial charge in [-0.2, -0.15) is 0 Å². The van der Waals surface area contributed by atoms with E-state index in [2.05, 4.69) is 27.4 Å². The molecule has 0 aromatic rings. The molecule has 0 aromatic heterocycles. The highest BCUT2D eigenvalue weighted by Gasteiger charge is 2.28. The average Bonchev–Trinajstić information content (AvgIpc) is 2.26. The minimum atomic E-state index is -0.234. The number of rotatable bonds is 5. The smallest absolute Gasteiger partial charge is 0.303 e. The Bertz CT molecular complexity index is 388. The molecule has 0 spiro atoms. The summed E-state index contributed by atoms with van der Waals surface area (Å²) in [4.78, 5) is 10.9. The summed E-state index contributed by atoms with van der Waals surface area (Å²) >= 11 is 0. The van der Waals surface area contributed by atoms with Crippen LogP contribution in [0, 0.1) is 5.41 Å². The van der Waals surface area contributed by atoms with Crippen molar-refractivity contribution in [2.24, 2.45) is 5.41 Å². The Hall–Kier alpha value is -1.05. The van der Waals surface area contributed by atoms with Crippen molar-refractivity contribution in [3.8, 4) is 0 Å². The number of ether oxygens (including phenoxy) is 1. The summed E-state index contributed by atoms with van der Waals surface area (Å²) in [6.07, 6.45) is 5.57. The molecule has 1 atom stereocenters. The van der Waals surface area contributed by atoms with Crippen LogP contribution in [0.4, 0.5) is 0 Å². The van der Waals surface area contributed by atoms with Gasteiger partial charge >= 0.3 is 5.97 Å². The molecule has 1 unspecified atom stereocenters. The average molecular weight is 264 g/mol. The maximum Gasteiger partial charge on any atom is 0.303 e. The van der Waals surface area contributed by atoms with Crippen molar-refractivity contribution in [1.82, 2.24) is 0 Å². The highest BCUT2D eigenvalue weighted by Crippen LogP contribution is 2.42. The first-order valence-corrected chi connectivity index (χ1v) is 7.28. The van der Waals surface area contributed by atoms with Crippen molar-refractivity contribution in [3.63, 3.8) is 0 Å². The number of hydrogen-bond acceptors (Lipinski definition) is 2. The van der Waals surface area contributed by atoms with Gasteiger partial charge in [0, 0.05) is 6.92 Å². The molecule has 1 aliphatic rings. The zero-order chi connectivity index (χ0) is 14.6. The fourth-order valence-corrected chi connectivity index (χ4v) is 3.05. The summed E-state index contributed by atoms with van der Waals surface area (Å²) in [5.74, 6) is -0.234. The van der Waals surface area contributed by atoms with Gasteiger partial charge in [0.05, 0.1) is 0 Å². The van der Waals surface area contributed by atoms with Gasteiger partial charge in [-0.1, -0.05) is 31.6 Å². The van der Waals surface area contributed by atoms with E-state index in [4.69, 9.17) is 4.74 Å². The predicted octanol–water partition coefficient (Wildman–Crippen LogP) is 4.80. The second-order valence-electron chi connectivity index (χ2n) is 6.41. The van der Waals surface area contributed by atoms with E-state index in [1.165, 1.54) is 26.2 Å². The summed E-state index contributed by atoms with van der Waals surface area (Å²) < 4.78 is 5.18. The molecular formula is C17H28O2. The van der Waals surface area contributed by atoms with Crippen LogP contribution in [0.3, 0.4) is 0 Å². The largest absolute Gasteiger partial charge is 0.458 e. The fraction of sp³-hybridized carbons (Fsp3) is 0.706. The maximum absolute atomic E-state index is 10.9. The van der Waals surface area contributed by atoms with Crippen LogP contribution < -0.4 is 0 Å². The molecule has 0 N–H and O–H groups in total. The third-order valence-corrected chi connectivity index (χ3v) is 4.30. The maximum atomic E-state index is 10.9. The lowest BCUT2D eigenvalue weighted by Gasteiger charge is -2.35. The molecule has 2 heteroatoms. The van der Waals surface area contributed by atoms with Crippen molar-refractivity contribution in [2.45, 2.75) is 72.8 Å². The van der Waals surface area contributed by atoms with Gasteiger partial charge in [-0.25, -0.2) is 0 Å². The Morgan fingerprint density at radius 2 is 2.11 bits per heavy atom. The molecule has 0 saturated heterocycles. The minimum Gasteiger partial charge on any atom is -0.458 e. The van der Waals surface area contributed by atoms with Gasteiger partial charge in [0.1, 0.15) is 6.10 Å². The molecule has 0 saturated carbocycles. The molecule has 0 bridgehead atoms. The van der Waals surface area contributed by atoms with Gasteiger partial charge in [-0.05, 0) is 56.9 Å². The van der Waals surface area contributed by atoms with E-state index in [1.807, 2.05) is 6.92 Å². The number of hydrogen-bond donors (Lipinski definition) is 0. The van der Waals surface area contributed by atoms with E-state index in [0.717, 1.165) is 18.4 Å². The normalized spacial score (nSPS) is 20.1. The van der Waals surface area contributed by atoms with Gasteiger partial charge in [0.25, 0.3) is 0 Å². The standard InChI is InChI=1S/C17H28O2/c1-12(14(3)19-15(4)18)9-10-16-13(2)8-7-11-17(16,5)6/h14H,1,7-11H2,2-6H3. The number of esters is 1. The molecule has 1 aliphatic carbocycles. The van der Waals surface area contributed by atoms with Crippen LogP contribution in [0.25, 0.3) is 0 Å². The van der Waals surface area contributed by atoms with Gasteiger partial charge < -0.3 is 4.74 Å². The minimum absolute atomic E-state index is 0.176. The lowest BCUT2D eigenvalue weighted by molar-refractivity contribution is -0.143. The van der Waals surface area contributed by atoms with Crippen molar-refractivity contribution >= 4 is 5.97 Å². The summed E-state index contributed by atoms with van der Waals surface area (Å²) in [6, 6.07) is 0. The summed E-state index contributed by atoms with van der Waals surface area (Å²) in [5.41, 5.74) is 4.45. The Kier molecular flexibility index (Phi) is 5.39. The predicted molar refractivity (Wildman–Crippen MR) is 79.9 cm³/mol. The van der Waals surface area contributed by atoms with E-state index in [9.17, 15) is 4.79 Å². The Morgan fingerprint density at radius 1 is 1.47 bits per heavy atom. The summed E-state index contributed by atoms with van der Waals surface area (Å²) in [7, 11) is 0. The quantitative estimate of drug-likeness (QED) is 0.526. The molecule has 19 heavy (non-hydrogen) atoms. The van der Waals surface area contributed by atoms with E-state index >= 15 is 0 Å². The van der Waals surface area contributed by atoms with E-state index in [1.54, 1.807) is 11.1 Å². The molecule has 0 heterocycles. The second-order valence-corrected chi connectivity index (χ2v) is 6.41. The molecule has 0 aliphatic heterocycles. The fourth-order valence-electron chi connectivity index (χ4n) is 3.05. The van der Waals surface area contributed by atoms with Crippen LogP contribution in [-0.4, -0.2) is 12.1 Å².